The second-order valence-corrected chi connectivity index (χ2v) is 9.77. The van der Waals surface area contributed by atoms with E-state index in [1.807, 2.05) is 0 Å². The number of carboxylic acid groups (broad SMARTS) is 1. The van der Waals surface area contributed by atoms with Crippen molar-refractivity contribution in [1.82, 2.24) is 9.88 Å². The van der Waals surface area contributed by atoms with Crippen LogP contribution in [-0.4, -0.2) is 63.4 Å². The zero-order valence-electron chi connectivity index (χ0n) is 19.5. The van der Waals surface area contributed by atoms with E-state index in [1.54, 1.807) is 29.2 Å². The Morgan fingerprint density at radius 2 is 1.75 bits per heavy atom. The number of rotatable bonds is 6. The van der Waals surface area contributed by atoms with Gasteiger partial charge in [0.05, 0.1) is 21.0 Å². The summed E-state index contributed by atoms with van der Waals surface area (Å²) in [4.78, 5) is 58.6. The number of pyridine rings is 1. The van der Waals surface area contributed by atoms with Crippen LogP contribution >= 0.6 is 23.2 Å². The number of aromatic nitrogens is 1. The number of piperidine rings is 1. The standard InChI is InChI=1S/C25H24Cl2N4O5/c1-14(32)31-8-6-25(7-9-31)20(11-21(25)33)30-19(24(35)36)10-15-2-4-16(5-3-15)29-23(34)22-17(26)12-28-13-18(22)27/h2-5,12-13,19H,6-11H2,1H3,(H,29,34)(H,35,36)/t19-/m0/s1. The number of benzene rings is 1. The molecule has 0 radical (unpaired) electrons. The molecule has 0 bridgehead atoms. The molecule has 0 unspecified atom stereocenters. The molecule has 1 spiro atoms. The van der Waals surface area contributed by atoms with Gasteiger partial charge in [0.25, 0.3) is 5.91 Å². The zero-order valence-corrected chi connectivity index (χ0v) is 21.0. The van der Waals surface area contributed by atoms with Crippen LogP contribution in [0.1, 0.15) is 42.1 Å². The maximum atomic E-state index is 12.5. The van der Waals surface area contributed by atoms with E-state index in [0.717, 1.165) is 0 Å². The van der Waals surface area contributed by atoms with Crippen molar-refractivity contribution in [3.63, 3.8) is 0 Å². The maximum absolute atomic E-state index is 12.5. The van der Waals surface area contributed by atoms with Crippen molar-refractivity contribution in [3.05, 3.63) is 57.8 Å². The van der Waals surface area contributed by atoms with Gasteiger partial charge < -0.3 is 15.3 Å². The van der Waals surface area contributed by atoms with Gasteiger partial charge in [0.15, 0.2) is 6.04 Å². The molecule has 1 atom stereocenters. The number of nitrogens with one attached hydrogen (secondary N) is 1. The molecule has 2 amide bonds. The van der Waals surface area contributed by atoms with Crippen LogP contribution < -0.4 is 5.32 Å². The zero-order chi connectivity index (χ0) is 26.0. The number of amides is 2. The van der Waals surface area contributed by atoms with E-state index in [9.17, 15) is 24.3 Å². The topological polar surface area (TPSA) is 129 Å². The van der Waals surface area contributed by atoms with Crippen molar-refractivity contribution in [3.8, 4) is 0 Å². The maximum Gasteiger partial charge on any atom is 0.328 e. The molecule has 1 saturated heterocycles. The summed E-state index contributed by atoms with van der Waals surface area (Å²) in [6.07, 6.45) is 3.86. The second kappa shape index (κ2) is 10.4. The third-order valence-electron chi connectivity index (χ3n) is 6.79. The van der Waals surface area contributed by atoms with Gasteiger partial charge in [0.1, 0.15) is 5.78 Å². The van der Waals surface area contributed by atoms with Crippen molar-refractivity contribution in [2.24, 2.45) is 10.4 Å². The Kier molecular flexibility index (Phi) is 7.42. The van der Waals surface area contributed by atoms with Crippen molar-refractivity contribution in [1.29, 1.82) is 0 Å². The van der Waals surface area contributed by atoms with Crippen molar-refractivity contribution in [2.75, 3.05) is 18.4 Å². The van der Waals surface area contributed by atoms with Gasteiger partial charge in [0, 0.05) is 56.6 Å². The van der Waals surface area contributed by atoms with Crippen LogP contribution in [0.3, 0.4) is 0 Å². The minimum absolute atomic E-state index is 0.0369. The monoisotopic (exact) mass is 530 g/mol. The Hall–Kier alpha value is -3.30. The first-order valence-electron chi connectivity index (χ1n) is 11.4. The Bertz CT molecular complexity index is 1230. The molecular formula is C25H24Cl2N4O5. The van der Waals surface area contributed by atoms with Crippen LogP contribution in [0.15, 0.2) is 41.7 Å². The highest BCUT2D eigenvalue weighted by Gasteiger charge is 2.53. The minimum Gasteiger partial charge on any atom is -0.480 e. The number of halogens is 2. The van der Waals surface area contributed by atoms with Crippen LogP contribution in [0, 0.1) is 5.41 Å². The smallest absolute Gasteiger partial charge is 0.328 e. The number of ketones is 1. The summed E-state index contributed by atoms with van der Waals surface area (Å²) in [6, 6.07) is 5.65. The summed E-state index contributed by atoms with van der Waals surface area (Å²) >= 11 is 12.1. The molecular weight excluding hydrogens is 507 g/mol. The number of aliphatic imine (C=N–C) groups is 1. The van der Waals surface area contributed by atoms with Gasteiger partial charge in [-0.05, 0) is 30.5 Å². The SMILES string of the molecule is CC(=O)N1CCC2(CC1)C(=O)CC2=N[C@@H](Cc1ccc(NC(=O)c2c(Cl)cncc2Cl)cc1)C(=O)O. The molecule has 1 aromatic heterocycles. The highest BCUT2D eigenvalue weighted by molar-refractivity contribution is 6.40. The Morgan fingerprint density at radius 3 is 2.28 bits per heavy atom. The number of likely N-dealkylation sites (tertiary alicyclic amines) is 1. The van der Waals surface area contributed by atoms with Crippen LogP contribution in [0.25, 0.3) is 0 Å². The number of anilines is 1. The van der Waals surface area contributed by atoms with Crippen LogP contribution in [0.5, 0.6) is 0 Å². The van der Waals surface area contributed by atoms with E-state index >= 15 is 0 Å². The second-order valence-electron chi connectivity index (χ2n) is 8.95. The van der Waals surface area contributed by atoms with Crippen molar-refractivity contribution < 1.29 is 24.3 Å². The Labute approximate surface area is 217 Å². The fraction of sp³-hybridized carbons (Fsp3) is 0.360. The number of hydrogen-bond acceptors (Lipinski definition) is 6. The summed E-state index contributed by atoms with van der Waals surface area (Å²) in [7, 11) is 0. The summed E-state index contributed by atoms with van der Waals surface area (Å²) in [5.74, 6) is -1.56. The van der Waals surface area contributed by atoms with Gasteiger partial charge in [-0.25, -0.2) is 4.79 Å². The fourth-order valence-corrected chi connectivity index (χ4v) is 5.17. The molecule has 11 heteroatoms. The number of carbonyl (C=O) groups is 4. The lowest BCUT2D eigenvalue weighted by Gasteiger charge is -2.47. The molecule has 1 aliphatic heterocycles. The molecule has 1 aromatic carbocycles. The average molecular weight is 531 g/mol. The quantitative estimate of drug-likeness (QED) is 0.585. The minimum atomic E-state index is -1.09. The Balaban J connectivity index is 1.44. The normalized spacial score (nSPS) is 18.6. The first kappa shape index (κ1) is 25.8. The summed E-state index contributed by atoms with van der Waals surface area (Å²) in [5.41, 5.74) is 1.15. The lowest BCUT2D eigenvalue weighted by molar-refractivity contribution is -0.139. The highest BCUT2D eigenvalue weighted by Crippen LogP contribution is 2.44. The number of Topliss-reactive ketones (excluding diaryl/α,β-unsaturated/α-hetero) is 1. The Morgan fingerprint density at radius 1 is 1.14 bits per heavy atom. The van der Waals surface area contributed by atoms with Crippen LogP contribution in [0.4, 0.5) is 5.69 Å². The first-order chi connectivity index (χ1) is 17.1. The number of carbonyl (C=O) groups excluding carboxylic acids is 3. The molecule has 2 aliphatic rings. The summed E-state index contributed by atoms with van der Waals surface area (Å²) in [6.45, 7) is 2.41. The largest absolute Gasteiger partial charge is 0.480 e. The van der Waals surface area contributed by atoms with E-state index in [0.29, 0.717) is 42.9 Å². The molecule has 4 rings (SSSR count). The number of hydrogen-bond donors (Lipinski definition) is 2. The summed E-state index contributed by atoms with van der Waals surface area (Å²) in [5, 5.41) is 12.7. The molecule has 188 valence electrons. The van der Waals surface area contributed by atoms with Crippen LogP contribution in [0.2, 0.25) is 10.0 Å². The molecule has 2 aromatic rings. The van der Waals surface area contributed by atoms with E-state index in [-0.39, 0.29) is 40.1 Å². The number of aliphatic carboxylic acids is 1. The molecule has 9 nitrogen and oxygen atoms in total. The first-order valence-corrected chi connectivity index (χ1v) is 12.1. The molecule has 2 N–H and O–H groups in total. The molecule has 2 heterocycles. The van der Waals surface area contributed by atoms with Gasteiger partial charge in [-0.3, -0.25) is 24.4 Å². The van der Waals surface area contributed by atoms with Crippen molar-refractivity contribution >= 4 is 58.2 Å². The third kappa shape index (κ3) is 5.12. The van der Waals surface area contributed by atoms with Crippen molar-refractivity contribution in [2.45, 2.75) is 38.6 Å². The predicted octanol–water partition coefficient (Wildman–Crippen LogP) is 3.68. The number of carboxylic acids is 1. The molecule has 2 fully saturated rings. The van der Waals surface area contributed by atoms with E-state index in [4.69, 9.17) is 23.2 Å². The van der Waals surface area contributed by atoms with Gasteiger partial charge >= 0.3 is 5.97 Å². The predicted molar refractivity (Wildman–Crippen MR) is 135 cm³/mol. The van der Waals surface area contributed by atoms with Gasteiger partial charge in [-0.1, -0.05) is 35.3 Å². The van der Waals surface area contributed by atoms with Crippen LogP contribution in [-0.2, 0) is 20.8 Å². The molecule has 1 saturated carbocycles. The number of nitrogens with zero attached hydrogens (tertiary/aromatic N) is 3. The molecule has 36 heavy (non-hydrogen) atoms. The lowest BCUT2D eigenvalue weighted by Crippen LogP contribution is -2.57. The fourth-order valence-electron chi connectivity index (χ4n) is 4.63. The molecule has 1 aliphatic carbocycles. The van der Waals surface area contributed by atoms with Gasteiger partial charge in [-0.15, -0.1) is 0 Å². The highest BCUT2D eigenvalue weighted by atomic mass is 35.5. The average Bonchev–Trinajstić information content (AvgIpc) is 2.84. The van der Waals surface area contributed by atoms with Gasteiger partial charge in [-0.2, -0.15) is 0 Å². The van der Waals surface area contributed by atoms with E-state index < -0.39 is 23.3 Å². The summed E-state index contributed by atoms with van der Waals surface area (Å²) < 4.78 is 0. The van der Waals surface area contributed by atoms with E-state index in [2.05, 4.69) is 15.3 Å². The van der Waals surface area contributed by atoms with E-state index in [1.165, 1.54) is 19.3 Å². The lowest BCUT2D eigenvalue weighted by atomic mass is 9.60. The van der Waals surface area contributed by atoms with Gasteiger partial charge in [0.2, 0.25) is 5.91 Å². The third-order valence-corrected chi connectivity index (χ3v) is 7.37.